The highest BCUT2D eigenvalue weighted by atomic mass is 16.6. The Hall–Kier alpha value is -1.30. The highest BCUT2D eigenvalue weighted by Crippen LogP contribution is 2.54. The molecule has 138 valence electrons. The maximum Gasteiger partial charge on any atom is 0.410 e. The molecule has 0 radical (unpaired) electrons. The van der Waals surface area contributed by atoms with Crippen LogP contribution in [0.4, 0.5) is 4.79 Å². The van der Waals surface area contributed by atoms with Crippen LogP contribution in [0.5, 0.6) is 0 Å². The zero-order chi connectivity index (χ0) is 18.4. The molecule has 6 nitrogen and oxygen atoms in total. The van der Waals surface area contributed by atoms with E-state index in [1.807, 2.05) is 0 Å². The van der Waals surface area contributed by atoms with Gasteiger partial charge in [-0.05, 0) is 58.3 Å². The van der Waals surface area contributed by atoms with Crippen molar-refractivity contribution in [2.45, 2.75) is 77.9 Å². The Morgan fingerprint density at radius 1 is 1.12 bits per heavy atom. The predicted molar refractivity (Wildman–Crippen MR) is 89.7 cm³/mol. The number of amides is 1. The molecule has 2 fully saturated rings. The van der Waals surface area contributed by atoms with Gasteiger partial charge in [-0.15, -0.1) is 0 Å². The van der Waals surface area contributed by atoms with Crippen LogP contribution in [0.15, 0.2) is 0 Å². The Balaban J connectivity index is 2.27. The SMILES string of the molecule is CC1(C)CCC(O)(C2(C(=O)O)CCCN(C(=O)OC(C)(C)C)C2)C1. The maximum atomic E-state index is 12.4. The molecule has 1 aliphatic heterocycles. The van der Waals surface area contributed by atoms with Crippen LogP contribution in [0.25, 0.3) is 0 Å². The van der Waals surface area contributed by atoms with Gasteiger partial charge in [-0.3, -0.25) is 4.79 Å². The molecule has 0 bridgehead atoms. The van der Waals surface area contributed by atoms with Crippen LogP contribution in [0, 0.1) is 10.8 Å². The molecule has 2 rings (SSSR count). The van der Waals surface area contributed by atoms with Gasteiger partial charge in [-0.25, -0.2) is 4.79 Å². The van der Waals surface area contributed by atoms with E-state index in [0.29, 0.717) is 32.2 Å². The van der Waals surface area contributed by atoms with Gasteiger partial charge in [0.1, 0.15) is 11.0 Å². The summed E-state index contributed by atoms with van der Waals surface area (Å²) in [5.41, 5.74) is -3.34. The first-order chi connectivity index (χ1) is 10.8. The Kier molecular flexibility index (Phi) is 4.68. The summed E-state index contributed by atoms with van der Waals surface area (Å²) in [5, 5.41) is 21.2. The minimum absolute atomic E-state index is 0.00380. The largest absolute Gasteiger partial charge is 0.481 e. The molecule has 0 aromatic rings. The molecular weight excluding hydrogens is 310 g/mol. The molecule has 0 spiro atoms. The maximum absolute atomic E-state index is 12.4. The minimum atomic E-state index is -1.32. The number of carboxylic acids is 1. The fourth-order valence-corrected chi connectivity index (χ4v) is 4.21. The zero-order valence-corrected chi connectivity index (χ0v) is 15.5. The lowest BCUT2D eigenvalue weighted by Gasteiger charge is -2.48. The van der Waals surface area contributed by atoms with E-state index in [4.69, 9.17) is 4.74 Å². The number of nitrogens with zero attached hydrogens (tertiary/aromatic N) is 1. The lowest BCUT2D eigenvalue weighted by molar-refractivity contribution is -0.178. The van der Waals surface area contributed by atoms with Gasteiger partial charge in [0.15, 0.2) is 0 Å². The number of carboxylic acid groups (broad SMARTS) is 1. The van der Waals surface area contributed by atoms with Crippen LogP contribution >= 0.6 is 0 Å². The van der Waals surface area contributed by atoms with Crippen molar-refractivity contribution in [2.24, 2.45) is 10.8 Å². The highest BCUT2D eigenvalue weighted by Gasteiger charge is 2.61. The number of aliphatic carboxylic acids is 1. The van der Waals surface area contributed by atoms with Crippen molar-refractivity contribution in [1.82, 2.24) is 4.90 Å². The van der Waals surface area contributed by atoms with E-state index in [2.05, 4.69) is 13.8 Å². The number of likely N-dealkylation sites (tertiary alicyclic amines) is 1. The summed E-state index contributed by atoms with van der Waals surface area (Å²) in [7, 11) is 0. The van der Waals surface area contributed by atoms with E-state index >= 15 is 0 Å². The molecule has 1 amide bonds. The van der Waals surface area contributed by atoms with E-state index in [0.717, 1.165) is 6.42 Å². The number of carbonyl (C=O) groups excluding carboxylic acids is 1. The summed E-state index contributed by atoms with van der Waals surface area (Å²) in [4.78, 5) is 26.0. The fraction of sp³-hybridized carbons (Fsp3) is 0.889. The number of piperidine rings is 1. The summed E-state index contributed by atoms with van der Waals surface area (Å²) in [6.45, 7) is 9.92. The molecule has 0 aromatic carbocycles. The summed E-state index contributed by atoms with van der Waals surface area (Å²) in [5.74, 6) is -1.02. The molecule has 24 heavy (non-hydrogen) atoms. The minimum Gasteiger partial charge on any atom is -0.481 e. The molecule has 6 heteroatoms. The Morgan fingerprint density at radius 3 is 2.21 bits per heavy atom. The summed E-state index contributed by atoms with van der Waals surface area (Å²) >= 11 is 0. The fourth-order valence-electron chi connectivity index (χ4n) is 4.21. The van der Waals surface area contributed by atoms with Crippen molar-refractivity contribution in [2.75, 3.05) is 13.1 Å². The van der Waals surface area contributed by atoms with Crippen molar-refractivity contribution in [3.63, 3.8) is 0 Å². The summed E-state index contributed by atoms with van der Waals surface area (Å²) in [6.07, 6.45) is 2.10. The Bertz CT molecular complexity index is 524. The van der Waals surface area contributed by atoms with Crippen molar-refractivity contribution < 1.29 is 24.5 Å². The standard InChI is InChI=1S/C18H31NO5/c1-15(2,3)24-14(22)19-10-6-7-17(12-19,13(20)21)18(23)9-8-16(4,5)11-18/h23H,6-12H2,1-5H3,(H,20,21). The molecule has 2 aliphatic rings. The predicted octanol–water partition coefficient (Wildman–Crippen LogP) is 3.03. The first-order valence-electron chi connectivity index (χ1n) is 8.74. The number of ether oxygens (including phenoxy) is 1. The lowest BCUT2D eigenvalue weighted by atomic mass is 9.65. The number of aliphatic hydroxyl groups is 1. The highest BCUT2D eigenvalue weighted by molar-refractivity contribution is 5.79. The van der Waals surface area contributed by atoms with Crippen molar-refractivity contribution >= 4 is 12.1 Å². The van der Waals surface area contributed by atoms with E-state index in [9.17, 15) is 19.8 Å². The quantitative estimate of drug-likeness (QED) is 0.806. The van der Waals surface area contributed by atoms with Gasteiger partial charge in [0.25, 0.3) is 0 Å². The van der Waals surface area contributed by atoms with Gasteiger partial charge in [0, 0.05) is 13.1 Å². The van der Waals surface area contributed by atoms with Gasteiger partial charge in [0.2, 0.25) is 0 Å². The molecule has 2 atom stereocenters. The Morgan fingerprint density at radius 2 is 1.75 bits per heavy atom. The van der Waals surface area contributed by atoms with E-state index in [-0.39, 0.29) is 12.0 Å². The molecule has 0 aromatic heterocycles. The van der Waals surface area contributed by atoms with Crippen LogP contribution in [0.2, 0.25) is 0 Å². The van der Waals surface area contributed by atoms with Crippen LogP contribution < -0.4 is 0 Å². The molecule has 2 N–H and O–H groups in total. The molecule has 1 saturated carbocycles. The first-order valence-corrected chi connectivity index (χ1v) is 8.74. The second-order valence-electron chi connectivity index (χ2n) is 9.27. The third-order valence-corrected chi connectivity index (χ3v) is 5.43. The average Bonchev–Trinajstić information content (AvgIpc) is 2.72. The third-order valence-electron chi connectivity index (χ3n) is 5.43. The van der Waals surface area contributed by atoms with Gasteiger partial charge in [0.05, 0.1) is 5.60 Å². The second-order valence-corrected chi connectivity index (χ2v) is 9.27. The lowest BCUT2D eigenvalue weighted by Crippen LogP contribution is -2.61. The summed E-state index contributed by atoms with van der Waals surface area (Å²) in [6, 6.07) is 0. The number of hydrogen-bond donors (Lipinski definition) is 2. The van der Waals surface area contributed by atoms with Crippen LogP contribution in [-0.4, -0.2) is 51.5 Å². The molecule has 2 unspecified atom stereocenters. The normalized spacial score (nSPS) is 33.3. The topological polar surface area (TPSA) is 87.1 Å². The van der Waals surface area contributed by atoms with Gasteiger partial charge >= 0.3 is 12.1 Å². The van der Waals surface area contributed by atoms with E-state index < -0.39 is 28.7 Å². The van der Waals surface area contributed by atoms with Crippen molar-refractivity contribution in [3.8, 4) is 0 Å². The van der Waals surface area contributed by atoms with E-state index in [1.165, 1.54) is 4.90 Å². The number of carbonyl (C=O) groups is 2. The molecule has 1 aliphatic carbocycles. The molecular formula is C18H31NO5. The van der Waals surface area contributed by atoms with Crippen LogP contribution in [0.3, 0.4) is 0 Å². The summed E-state index contributed by atoms with van der Waals surface area (Å²) < 4.78 is 5.40. The number of hydrogen-bond acceptors (Lipinski definition) is 4. The first kappa shape index (κ1) is 19.0. The molecule has 1 heterocycles. The van der Waals surface area contributed by atoms with Crippen LogP contribution in [0.1, 0.15) is 66.7 Å². The van der Waals surface area contributed by atoms with Crippen molar-refractivity contribution in [3.05, 3.63) is 0 Å². The van der Waals surface area contributed by atoms with Crippen LogP contribution in [-0.2, 0) is 9.53 Å². The zero-order valence-electron chi connectivity index (χ0n) is 15.5. The smallest absolute Gasteiger partial charge is 0.410 e. The van der Waals surface area contributed by atoms with Gasteiger partial charge < -0.3 is 19.8 Å². The Labute approximate surface area is 144 Å². The number of rotatable bonds is 2. The second kappa shape index (κ2) is 5.90. The van der Waals surface area contributed by atoms with Crippen molar-refractivity contribution in [1.29, 1.82) is 0 Å². The van der Waals surface area contributed by atoms with E-state index in [1.54, 1.807) is 20.8 Å². The molecule has 1 saturated heterocycles. The third kappa shape index (κ3) is 3.53. The van der Waals surface area contributed by atoms with Gasteiger partial charge in [-0.1, -0.05) is 13.8 Å². The van der Waals surface area contributed by atoms with Gasteiger partial charge in [-0.2, -0.15) is 0 Å². The monoisotopic (exact) mass is 341 g/mol. The average molecular weight is 341 g/mol.